The molecule has 2 heterocycles. The summed E-state index contributed by atoms with van der Waals surface area (Å²) in [5.41, 5.74) is -0.477. The number of rotatable bonds is 8. The largest absolute Gasteiger partial charge is 0.488 e. The summed E-state index contributed by atoms with van der Waals surface area (Å²) in [5, 5.41) is 4.25. The molecule has 7 nitrogen and oxygen atoms in total. The smallest absolute Gasteiger partial charge is 0.410 e. The summed E-state index contributed by atoms with van der Waals surface area (Å²) in [7, 11) is -1.07. The molecule has 1 aliphatic heterocycles. The van der Waals surface area contributed by atoms with E-state index in [2.05, 4.69) is 24.7 Å². The molecule has 0 bridgehead atoms. The van der Waals surface area contributed by atoms with Crippen molar-refractivity contribution in [3.63, 3.8) is 0 Å². The van der Waals surface area contributed by atoms with E-state index < -0.39 is 13.7 Å². The number of aromatic nitrogens is 2. The maximum absolute atomic E-state index is 12.1. The van der Waals surface area contributed by atoms with Gasteiger partial charge in [-0.3, -0.25) is 0 Å². The van der Waals surface area contributed by atoms with Gasteiger partial charge in [-0.2, -0.15) is 5.10 Å². The molecular formula is C18H33N3O4Si. The Labute approximate surface area is 157 Å². The molecule has 1 amide bonds. The maximum Gasteiger partial charge on any atom is 0.410 e. The molecule has 148 valence electrons. The Morgan fingerprint density at radius 3 is 2.65 bits per heavy atom. The second kappa shape index (κ2) is 8.43. The summed E-state index contributed by atoms with van der Waals surface area (Å²) in [6.45, 7) is 15.0. The van der Waals surface area contributed by atoms with Crippen LogP contribution < -0.4 is 4.74 Å². The molecule has 1 unspecified atom stereocenters. The van der Waals surface area contributed by atoms with Gasteiger partial charge in [-0.05, 0) is 33.2 Å². The average Bonchev–Trinajstić information content (AvgIpc) is 2.87. The van der Waals surface area contributed by atoms with Gasteiger partial charge in [0.2, 0.25) is 0 Å². The normalized spacial score (nSPS) is 17.8. The zero-order chi connectivity index (χ0) is 19.4. The summed E-state index contributed by atoms with van der Waals surface area (Å²) >= 11 is 0. The molecule has 1 aromatic heterocycles. The van der Waals surface area contributed by atoms with Crippen molar-refractivity contribution in [2.24, 2.45) is 0 Å². The van der Waals surface area contributed by atoms with Gasteiger partial charge in [-0.1, -0.05) is 19.6 Å². The summed E-state index contributed by atoms with van der Waals surface area (Å²) in [6, 6.07) is 1.20. The molecule has 26 heavy (non-hydrogen) atoms. The number of hydrogen-bond acceptors (Lipinski definition) is 5. The van der Waals surface area contributed by atoms with Crippen LogP contribution in [0, 0.1) is 0 Å². The van der Waals surface area contributed by atoms with Gasteiger partial charge >= 0.3 is 6.09 Å². The monoisotopic (exact) mass is 383 g/mol. The van der Waals surface area contributed by atoms with Crippen molar-refractivity contribution in [3.05, 3.63) is 12.4 Å². The van der Waals surface area contributed by atoms with E-state index in [9.17, 15) is 4.79 Å². The highest BCUT2D eigenvalue weighted by Gasteiger charge is 2.35. The second-order valence-corrected chi connectivity index (χ2v) is 14.6. The molecule has 0 radical (unpaired) electrons. The lowest BCUT2D eigenvalue weighted by molar-refractivity contribution is -0.0141. The Balaban J connectivity index is 1.70. The van der Waals surface area contributed by atoms with Crippen LogP contribution in [0.5, 0.6) is 5.75 Å². The van der Waals surface area contributed by atoms with Crippen LogP contribution in [-0.2, 0) is 16.2 Å². The topological polar surface area (TPSA) is 65.8 Å². The van der Waals surface area contributed by atoms with Gasteiger partial charge in [0.1, 0.15) is 18.9 Å². The minimum Gasteiger partial charge on any atom is -0.488 e. The van der Waals surface area contributed by atoms with E-state index in [1.807, 2.05) is 27.0 Å². The van der Waals surface area contributed by atoms with E-state index in [1.165, 1.54) is 0 Å². The minimum absolute atomic E-state index is 0.0567. The molecule has 1 saturated heterocycles. The predicted octanol–water partition coefficient (Wildman–Crippen LogP) is 3.58. The average molecular weight is 384 g/mol. The van der Waals surface area contributed by atoms with Gasteiger partial charge in [0.25, 0.3) is 0 Å². The van der Waals surface area contributed by atoms with Gasteiger partial charge in [-0.15, -0.1) is 0 Å². The molecule has 0 spiro atoms. The standard InChI is InChI=1S/C18H33N3O4Si/c1-18(2,3)25-17(22)21-8-7-15(21)13-24-16-11-19-20(12-16)14-23-9-10-26(4,5)6/h11-12,15H,7-10,13-14H2,1-6H3. The van der Waals surface area contributed by atoms with E-state index >= 15 is 0 Å². The highest BCUT2D eigenvalue weighted by molar-refractivity contribution is 6.76. The fourth-order valence-electron chi connectivity index (χ4n) is 2.39. The van der Waals surface area contributed by atoms with Crippen molar-refractivity contribution in [1.82, 2.24) is 14.7 Å². The van der Waals surface area contributed by atoms with Crippen molar-refractivity contribution in [2.75, 3.05) is 19.8 Å². The molecule has 1 atom stereocenters. The van der Waals surface area contributed by atoms with E-state index in [0.29, 0.717) is 25.6 Å². The van der Waals surface area contributed by atoms with Crippen LogP contribution in [0.4, 0.5) is 4.79 Å². The first-order chi connectivity index (χ1) is 12.0. The molecule has 0 N–H and O–H groups in total. The lowest BCUT2D eigenvalue weighted by Crippen LogP contribution is -2.55. The molecule has 2 rings (SSSR count). The molecule has 0 aliphatic carbocycles. The lowest BCUT2D eigenvalue weighted by Gasteiger charge is -2.40. The highest BCUT2D eigenvalue weighted by Crippen LogP contribution is 2.22. The van der Waals surface area contributed by atoms with E-state index in [1.54, 1.807) is 15.8 Å². The molecule has 0 aromatic carbocycles. The van der Waals surface area contributed by atoms with Crippen LogP contribution in [-0.4, -0.2) is 60.2 Å². The maximum atomic E-state index is 12.1. The Morgan fingerprint density at radius 1 is 1.35 bits per heavy atom. The van der Waals surface area contributed by atoms with E-state index in [4.69, 9.17) is 14.2 Å². The second-order valence-electron chi connectivity index (χ2n) is 8.99. The van der Waals surface area contributed by atoms with E-state index in [0.717, 1.165) is 19.1 Å². The zero-order valence-electron chi connectivity index (χ0n) is 16.9. The summed E-state index contributed by atoms with van der Waals surface area (Å²) in [4.78, 5) is 13.8. The number of hydrogen-bond donors (Lipinski definition) is 0. The van der Waals surface area contributed by atoms with Crippen molar-refractivity contribution in [1.29, 1.82) is 0 Å². The van der Waals surface area contributed by atoms with Crippen LogP contribution in [0.3, 0.4) is 0 Å². The van der Waals surface area contributed by atoms with Gasteiger partial charge < -0.3 is 19.1 Å². The number of carbonyl (C=O) groups is 1. The quantitative estimate of drug-likeness (QED) is 0.507. The summed E-state index contributed by atoms with van der Waals surface area (Å²) in [5.74, 6) is 0.690. The Hall–Kier alpha value is -1.54. The predicted molar refractivity (Wildman–Crippen MR) is 103 cm³/mol. The van der Waals surface area contributed by atoms with E-state index in [-0.39, 0.29) is 12.1 Å². The van der Waals surface area contributed by atoms with Crippen LogP contribution in [0.1, 0.15) is 27.2 Å². The third-order valence-corrected chi connectivity index (χ3v) is 5.75. The first-order valence-electron chi connectivity index (χ1n) is 9.26. The highest BCUT2D eigenvalue weighted by atomic mass is 28.3. The molecule has 8 heteroatoms. The number of ether oxygens (including phenoxy) is 3. The van der Waals surface area contributed by atoms with Gasteiger partial charge in [-0.25, -0.2) is 9.48 Å². The van der Waals surface area contributed by atoms with Crippen LogP contribution >= 0.6 is 0 Å². The van der Waals surface area contributed by atoms with Crippen molar-refractivity contribution in [2.45, 2.75) is 71.3 Å². The van der Waals surface area contributed by atoms with Crippen LogP contribution in [0.25, 0.3) is 0 Å². The van der Waals surface area contributed by atoms with Gasteiger partial charge in [0.05, 0.1) is 18.4 Å². The first kappa shape index (κ1) is 20.8. The third-order valence-electron chi connectivity index (χ3n) is 4.04. The van der Waals surface area contributed by atoms with Crippen LogP contribution in [0.2, 0.25) is 25.7 Å². The van der Waals surface area contributed by atoms with Crippen LogP contribution in [0.15, 0.2) is 12.4 Å². The van der Waals surface area contributed by atoms with Gasteiger partial charge in [0, 0.05) is 21.2 Å². The molecule has 1 aliphatic rings. The molecule has 0 saturated carbocycles. The Morgan fingerprint density at radius 2 is 2.08 bits per heavy atom. The van der Waals surface area contributed by atoms with Crippen molar-refractivity contribution < 1.29 is 19.0 Å². The number of nitrogens with zero attached hydrogens (tertiary/aromatic N) is 3. The van der Waals surface area contributed by atoms with Crippen molar-refractivity contribution >= 4 is 14.2 Å². The molecule has 1 aromatic rings. The SMILES string of the molecule is CC(C)(C)OC(=O)N1CCC1COc1cnn(COCC[Si](C)(C)C)c1. The summed E-state index contributed by atoms with van der Waals surface area (Å²) < 4.78 is 18.6. The Bertz CT molecular complexity index is 592. The fraction of sp³-hybridized carbons (Fsp3) is 0.778. The van der Waals surface area contributed by atoms with Crippen molar-refractivity contribution in [3.8, 4) is 5.75 Å². The van der Waals surface area contributed by atoms with Gasteiger partial charge in [0.15, 0.2) is 5.75 Å². The Kier molecular flexibility index (Phi) is 6.73. The molecule has 1 fully saturated rings. The number of amides is 1. The first-order valence-corrected chi connectivity index (χ1v) is 13.0. The third kappa shape index (κ3) is 6.99. The zero-order valence-corrected chi connectivity index (χ0v) is 17.9. The summed E-state index contributed by atoms with van der Waals surface area (Å²) in [6.07, 6.45) is 4.15. The number of carbonyl (C=O) groups excluding carboxylic acids is 1. The minimum atomic E-state index is -1.07. The number of likely N-dealkylation sites (tertiary alicyclic amines) is 1. The lowest BCUT2D eigenvalue weighted by atomic mass is 10.1. The fourth-order valence-corrected chi connectivity index (χ4v) is 3.15. The molecular weight excluding hydrogens is 350 g/mol.